The second kappa shape index (κ2) is 4.33. The van der Waals surface area contributed by atoms with Crippen LogP contribution in [0.25, 0.3) is 5.69 Å². The number of anilines is 1. The molecular weight excluding hydrogens is 232 g/mol. The number of aromatic nitrogens is 2. The van der Waals surface area contributed by atoms with E-state index in [4.69, 9.17) is 11.5 Å². The van der Waals surface area contributed by atoms with E-state index < -0.39 is 5.91 Å². The van der Waals surface area contributed by atoms with Gasteiger partial charge in [0.1, 0.15) is 0 Å². The predicted molar refractivity (Wildman–Crippen MR) is 66.5 cm³/mol. The first-order valence-electron chi connectivity index (χ1n) is 5.25. The van der Waals surface area contributed by atoms with E-state index in [1.54, 1.807) is 24.3 Å². The molecule has 0 radical (unpaired) electrons. The number of hydrogen-bond donors (Lipinski definition) is 2. The smallest absolute Gasteiger partial charge is 0.271 e. The molecule has 0 saturated heterocycles. The molecule has 1 amide bonds. The molecule has 2 rings (SSSR count). The highest BCUT2D eigenvalue weighted by molar-refractivity contribution is 5.96. The molecule has 6 heteroatoms. The van der Waals surface area contributed by atoms with Crippen molar-refractivity contribution < 1.29 is 9.59 Å². The van der Waals surface area contributed by atoms with Gasteiger partial charge in [-0.15, -0.1) is 0 Å². The molecule has 0 fully saturated rings. The summed E-state index contributed by atoms with van der Waals surface area (Å²) in [5.74, 6) is -0.689. The van der Waals surface area contributed by atoms with E-state index in [1.807, 2.05) is 0 Å². The molecular formula is C12H12N4O2. The zero-order valence-electron chi connectivity index (χ0n) is 9.75. The quantitative estimate of drug-likeness (QED) is 0.777. The predicted octanol–water partition coefficient (Wildman–Crippen LogP) is 0.756. The van der Waals surface area contributed by atoms with Gasteiger partial charge in [0.05, 0.1) is 17.6 Å². The Hall–Kier alpha value is -2.63. The number of hydrogen-bond acceptors (Lipinski definition) is 4. The van der Waals surface area contributed by atoms with E-state index in [1.165, 1.54) is 17.8 Å². The summed E-state index contributed by atoms with van der Waals surface area (Å²) >= 11 is 0. The summed E-state index contributed by atoms with van der Waals surface area (Å²) < 4.78 is 1.44. The summed E-state index contributed by atoms with van der Waals surface area (Å²) in [6.45, 7) is 1.49. The third kappa shape index (κ3) is 2.08. The first-order chi connectivity index (χ1) is 8.49. The van der Waals surface area contributed by atoms with Crippen molar-refractivity contribution in [1.82, 2.24) is 9.78 Å². The SMILES string of the molecule is CC(=O)c1ccc(-n2cc(N)c(C(N)=O)n2)cc1. The zero-order chi connectivity index (χ0) is 13.3. The number of nitrogen functional groups attached to an aromatic ring is 1. The van der Waals surface area contributed by atoms with Crippen molar-refractivity contribution in [3.63, 3.8) is 0 Å². The lowest BCUT2D eigenvalue weighted by molar-refractivity contribution is 0.0992. The number of carbonyl (C=O) groups is 2. The largest absolute Gasteiger partial charge is 0.396 e. The summed E-state index contributed by atoms with van der Waals surface area (Å²) in [6.07, 6.45) is 1.50. The van der Waals surface area contributed by atoms with Gasteiger partial charge in [0.15, 0.2) is 11.5 Å². The van der Waals surface area contributed by atoms with Crippen LogP contribution in [-0.2, 0) is 0 Å². The molecule has 4 N–H and O–H groups in total. The van der Waals surface area contributed by atoms with Crippen molar-refractivity contribution in [2.45, 2.75) is 6.92 Å². The van der Waals surface area contributed by atoms with Gasteiger partial charge in [-0.3, -0.25) is 9.59 Å². The topological polar surface area (TPSA) is 104 Å². The summed E-state index contributed by atoms with van der Waals surface area (Å²) in [7, 11) is 0. The Bertz CT molecular complexity index is 614. The molecule has 6 nitrogen and oxygen atoms in total. The number of amides is 1. The number of carbonyl (C=O) groups excluding carboxylic acids is 2. The maximum atomic E-state index is 11.1. The maximum absolute atomic E-state index is 11.1. The molecule has 0 atom stereocenters. The van der Waals surface area contributed by atoms with Crippen molar-refractivity contribution in [2.75, 3.05) is 5.73 Å². The van der Waals surface area contributed by atoms with Crippen LogP contribution in [0.5, 0.6) is 0 Å². The van der Waals surface area contributed by atoms with Crippen LogP contribution < -0.4 is 11.5 Å². The molecule has 0 aliphatic rings. The summed E-state index contributed by atoms with van der Waals surface area (Å²) in [6, 6.07) is 6.79. The molecule has 0 unspecified atom stereocenters. The number of benzene rings is 1. The molecule has 1 aromatic heterocycles. The van der Waals surface area contributed by atoms with Crippen molar-refractivity contribution in [1.29, 1.82) is 0 Å². The molecule has 1 aromatic carbocycles. The van der Waals surface area contributed by atoms with Gasteiger partial charge in [0.25, 0.3) is 5.91 Å². The van der Waals surface area contributed by atoms with E-state index in [0.29, 0.717) is 11.3 Å². The van der Waals surface area contributed by atoms with Crippen LogP contribution in [0, 0.1) is 0 Å². The first kappa shape index (κ1) is 11.8. The third-order valence-electron chi connectivity index (χ3n) is 2.51. The van der Waals surface area contributed by atoms with Gasteiger partial charge in [0.2, 0.25) is 0 Å². The molecule has 0 aliphatic carbocycles. The number of nitrogens with zero attached hydrogens (tertiary/aromatic N) is 2. The molecule has 2 aromatic rings. The minimum absolute atomic E-state index is 0.0145. The van der Waals surface area contributed by atoms with Crippen LogP contribution in [0.15, 0.2) is 30.5 Å². The number of rotatable bonds is 3. The van der Waals surface area contributed by atoms with Gasteiger partial charge in [0, 0.05) is 5.56 Å². The standard InChI is InChI=1S/C12H12N4O2/c1-7(17)8-2-4-9(5-3-8)16-6-10(13)11(15-16)12(14)18/h2-6H,13H2,1H3,(H2,14,18). The lowest BCUT2D eigenvalue weighted by atomic mass is 10.1. The summed E-state index contributed by atoms with van der Waals surface area (Å²) in [5, 5.41) is 3.99. The van der Waals surface area contributed by atoms with Crippen LogP contribution in [-0.4, -0.2) is 21.5 Å². The molecule has 18 heavy (non-hydrogen) atoms. The Morgan fingerprint density at radius 2 is 1.83 bits per heavy atom. The fourth-order valence-corrected chi connectivity index (χ4v) is 1.56. The Morgan fingerprint density at radius 1 is 1.22 bits per heavy atom. The average Bonchev–Trinajstić information content (AvgIpc) is 2.71. The molecule has 92 valence electrons. The minimum Gasteiger partial charge on any atom is -0.396 e. The highest BCUT2D eigenvalue weighted by Gasteiger charge is 2.12. The van der Waals surface area contributed by atoms with Gasteiger partial charge in [-0.25, -0.2) is 4.68 Å². The summed E-state index contributed by atoms with van der Waals surface area (Å²) in [4.78, 5) is 22.2. The monoisotopic (exact) mass is 244 g/mol. The van der Waals surface area contributed by atoms with E-state index in [0.717, 1.165) is 0 Å². The molecule has 0 spiro atoms. The molecule has 0 bridgehead atoms. The minimum atomic E-state index is -0.674. The van der Waals surface area contributed by atoms with E-state index in [-0.39, 0.29) is 17.2 Å². The van der Waals surface area contributed by atoms with Gasteiger partial charge >= 0.3 is 0 Å². The molecule has 0 aliphatic heterocycles. The van der Waals surface area contributed by atoms with E-state index in [2.05, 4.69) is 5.10 Å². The highest BCUT2D eigenvalue weighted by atomic mass is 16.1. The Kier molecular flexibility index (Phi) is 2.85. The number of nitrogens with two attached hydrogens (primary N) is 2. The number of ketones is 1. The number of Topliss-reactive ketones (excluding diaryl/α,β-unsaturated/α-hetero) is 1. The van der Waals surface area contributed by atoms with Crippen LogP contribution >= 0.6 is 0 Å². The average molecular weight is 244 g/mol. The Labute approximate surface area is 103 Å². The van der Waals surface area contributed by atoms with Gasteiger partial charge < -0.3 is 11.5 Å². The van der Waals surface area contributed by atoms with Crippen molar-refractivity contribution in [3.05, 3.63) is 41.7 Å². The Morgan fingerprint density at radius 3 is 2.28 bits per heavy atom. The zero-order valence-corrected chi connectivity index (χ0v) is 9.75. The summed E-state index contributed by atoms with van der Waals surface area (Å²) in [5.41, 5.74) is 12.3. The fraction of sp³-hybridized carbons (Fsp3) is 0.0833. The van der Waals surface area contributed by atoms with Crippen LogP contribution in [0.2, 0.25) is 0 Å². The van der Waals surface area contributed by atoms with Crippen molar-refractivity contribution in [3.8, 4) is 5.69 Å². The fourth-order valence-electron chi connectivity index (χ4n) is 1.56. The second-order valence-electron chi connectivity index (χ2n) is 3.84. The van der Waals surface area contributed by atoms with Gasteiger partial charge in [-0.2, -0.15) is 5.10 Å². The van der Waals surface area contributed by atoms with Crippen LogP contribution in [0.1, 0.15) is 27.8 Å². The second-order valence-corrected chi connectivity index (χ2v) is 3.84. The van der Waals surface area contributed by atoms with E-state index in [9.17, 15) is 9.59 Å². The maximum Gasteiger partial charge on any atom is 0.271 e. The molecule has 1 heterocycles. The van der Waals surface area contributed by atoms with Gasteiger partial charge in [-0.1, -0.05) is 0 Å². The lowest BCUT2D eigenvalue weighted by Crippen LogP contribution is -2.14. The number of primary amides is 1. The van der Waals surface area contributed by atoms with Gasteiger partial charge in [-0.05, 0) is 31.2 Å². The third-order valence-corrected chi connectivity index (χ3v) is 2.51. The van der Waals surface area contributed by atoms with Crippen LogP contribution in [0.4, 0.5) is 5.69 Å². The Balaban J connectivity index is 2.40. The van der Waals surface area contributed by atoms with Crippen molar-refractivity contribution >= 4 is 17.4 Å². The first-order valence-corrected chi connectivity index (χ1v) is 5.25. The normalized spacial score (nSPS) is 10.3. The highest BCUT2D eigenvalue weighted by Crippen LogP contribution is 2.14. The van der Waals surface area contributed by atoms with E-state index >= 15 is 0 Å². The molecule has 0 saturated carbocycles. The van der Waals surface area contributed by atoms with Crippen molar-refractivity contribution in [2.24, 2.45) is 5.73 Å². The van der Waals surface area contributed by atoms with Crippen LogP contribution in [0.3, 0.4) is 0 Å². The lowest BCUT2D eigenvalue weighted by Gasteiger charge is -2.01.